The molecule has 2 unspecified atom stereocenters. The monoisotopic (exact) mass is 265 g/mol. The van der Waals surface area contributed by atoms with Crippen LogP contribution in [0.5, 0.6) is 0 Å². The van der Waals surface area contributed by atoms with Gasteiger partial charge in [0.25, 0.3) is 0 Å². The van der Waals surface area contributed by atoms with Crippen LogP contribution < -0.4 is 5.32 Å². The van der Waals surface area contributed by atoms with Crippen molar-refractivity contribution in [2.24, 2.45) is 0 Å². The van der Waals surface area contributed by atoms with Gasteiger partial charge < -0.3 is 10.1 Å². The van der Waals surface area contributed by atoms with Crippen molar-refractivity contribution >= 4 is 0 Å². The van der Waals surface area contributed by atoms with E-state index < -0.39 is 0 Å². The summed E-state index contributed by atoms with van der Waals surface area (Å²) in [5.41, 5.74) is 2.59. The molecule has 0 aliphatic carbocycles. The van der Waals surface area contributed by atoms with Gasteiger partial charge in [-0.05, 0) is 56.3 Å². The minimum absolute atomic E-state index is 0.0923. The molecule has 1 aromatic carbocycles. The molecule has 0 radical (unpaired) electrons. The minimum Gasteiger partial charge on any atom is -0.376 e. The summed E-state index contributed by atoms with van der Waals surface area (Å²) in [6, 6.07) is 4.09. The fraction of sp³-hybridized carbons (Fsp3) is 0.625. The van der Waals surface area contributed by atoms with Gasteiger partial charge in [0.15, 0.2) is 0 Å². The van der Waals surface area contributed by atoms with Crippen LogP contribution in [-0.2, 0) is 4.74 Å². The van der Waals surface area contributed by atoms with Gasteiger partial charge in [-0.2, -0.15) is 0 Å². The molecule has 0 amide bonds. The van der Waals surface area contributed by atoms with Gasteiger partial charge in [0, 0.05) is 6.61 Å². The van der Waals surface area contributed by atoms with E-state index in [0.29, 0.717) is 0 Å². The third kappa shape index (κ3) is 3.34. The maximum atomic E-state index is 13.8. The molecule has 1 saturated heterocycles. The molecule has 0 spiro atoms. The van der Waals surface area contributed by atoms with Crippen LogP contribution in [0.4, 0.5) is 4.39 Å². The van der Waals surface area contributed by atoms with Crippen molar-refractivity contribution in [3.63, 3.8) is 0 Å². The van der Waals surface area contributed by atoms with Gasteiger partial charge in [0.05, 0.1) is 12.1 Å². The highest BCUT2D eigenvalue weighted by Gasteiger charge is 2.27. The number of benzene rings is 1. The van der Waals surface area contributed by atoms with Crippen LogP contribution in [0.1, 0.15) is 48.9 Å². The average molecular weight is 265 g/mol. The van der Waals surface area contributed by atoms with Gasteiger partial charge in [-0.3, -0.25) is 0 Å². The maximum Gasteiger partial charge on any atom is 0.129 e. The van der Waals surface area contributed by atoms with Crippen molar-refractivity contribution < 1.29 is 9.13 Å². The smallest absolute Gasteiger partial charge is 0.129 e. The van der Waals surface area contributed by atoms with Crippen LogP contribution in [-0.4, -0.2) is 19.3 Å². The minimum atomic E-state index is -0.0923. The van der Waals surface area contributed by atoms with E-state index in [1.54, 1.807) is 0 Å². The Morgan fingerprint density at radius 1 is 1.37 bits per heavy atom. The lowest BCUT2D eigenvalue weighted by atomic mass is 9.95. The quantitative estimate of drug-likeness (QED) is 0.877. The third-order valence-corrected chi connectivity index (χ3v) is 3.77. The van der Waals surface area contributed by atoms with Crippen LogP contribution in [0.15, 0.2) is 12.1 Å². The number of rotatable bonds is 5. The van der Waals surface area contributed by atoms with Crippen molar-refractivity contribution in [1.29, 1.82) is 0 Å². The van der Waals surface area contributed by atoms with Crippen LogP contribution in [0.3, 0.4) is 0 Å². The molecule has 1 aromatic rings. The van der Waals surface area contributed by atoms with Crippen molar-refractivity contribution in [2.75, 3.05) is 13.2 Å². The highest BCUT2D eigenvalue weighted by Crippen LogP contribution is 2.29. The van der Waals surface area contributed by atoms with E-state index in [9.17, 15) is 4.39 Å². The highest BCUT2D eigenvalue weighted by molar-refractivity contribution is 5.33. The van der Waals surface area contributed by atoms with Crippen molar-refractivity contribution in [3.8, 4) is 0 Å². The van der Waals surface area contributed by atoms with E-state index in [0.717, 1.165) is 49.1 Å². The summed E-state index contributed by atoms with van der Waals surface area (Å²) in [5.74, 6) is -0.0923. The number of aryl methyl sites for hydroxylation is 2. The summed E-state index contributed by atoms with van der Waals surface area (Å²) in [6.45, 7) is 7.62. The topological polar surface area (TPSA) is 21.3 Å². The van der Waals surface area contributed by atoms with E-state index in [-0.39, 0.29) is 18.0 Å². The molecule has 2 atom stereocenters. The lowest BCUT2D eigenvalue weighted by Gasteiger charge is -2.25. The first-order chi connectivity index (χ1) is 9.13. The second-order valence-electron chi connectivity index (χ2n) is 5.45. The zero-order valence-corrected chi connectivity index (χ0v) is 12.1. The van der Waals surface area contributed by atoms with Crippen LogP contribution in [0.25, 0.3) is 0 Å². The van der Waals surface area contributed by atoms with Gasteiger partial charge in [0.1, 0.15) is 5.82 Å². The molecule has 0 bridgehead atoms. The Balaban J connectivity index is 2.26. The molecule has 106 valence electrons. The van der Waals surface area contributed by atoms with E-state index in [1.165, 1.54) is 0 Å². The number of nitrogens with one attached hydrogen (secondary N) is 1. The Labute approximate surface area is 115 Å². The molecule has 0 aromatic heterocycles. The fourth-order valence-electron chi connectivity index (χ4n) is 2.79. The molecule has 1 aliphatic heterocycles. The lowest BCUT2D eigenvalue weighted by molar-refractivity contribution is 0.0782. The first-order valence-corrected chi connectivity index (χ1v) is 7.25. The van der Waals surface area contributed by atoms with E-state index >= 15 is 0 Å². The first-order valence-electron chi connectivity index (χ1n) is 7.25. The largest absolute Gasteiger partial charge is 0.376 e. The molecule has 1 fully saturated rings. The summed E-state index contributed by atoms with van der Waals surface area (Å²) in [5, 5.41) is 3.55. The van der Waals surface area contributed by atoms with Crippen molar-refractivity contribution in [1.82, 2.24) is 5.32 Å². The van der Waals surface area contributed by atoms with E-state index in [2.05, 4.69) is 12.2 Å². The van der Waals surface area contributed by atoms with Crippen LogP contribution in [0.2, 0.25) is 0 Å². The second-order valence-corrected chi connectivity index (χ2v) is 5.45. The van der Waals surface area contributed by atoms with Crippen molar-refractivity contribution in [2.45, 2.75) is 52.2 Å². The highest BCUT2D eigenvalue weighted by atomic mass is 19.1. The fourth-order valence-corrected chi connectivity index (χ4v) is 2.79. The standard InChI is InChI=1S/C16H24FNO/c1-4-7-18-16(14-6-5-8-19-14)13-9-11(2)15(17)12(3)10-13/h9-10,14,16,18H,4-8H2,1-3H3. The molecule has 2 rings (SSSR count). The number of hydrogen-bond acceptors (Lipinski definition) is 2. The molecule has 0 saturated carbocycles. The normalized spacial score (nSPS) is 20.7. The average Bonchev–Trinajstić information content (AvgIpc) is 2.90. The molecule has 1 N–H and O–H groups in total. The third-order valence-electron chi connectivity index (χ3n) is 3.77. The molecule has 1 aliphatic rings. The summed E-state index contributed by atoms with van der Waals surface area (Å²) in [6.07, 6.45) is 3.50. The Hall–Kier alpha value is -0.930. The Morgan fingerprint density at radius 3 is 2.58 bits per heavy atom. The second kappa shape index (κ2) is 6.49. The van der Waals surface area contributed by atoms with Gasteiger partial charge in [-0.15, -0.1) is 0 Å². The molecular weight excluding hydrogens is 241 g/mol. The summed E-state index contributed by atoms with van der Waals surface area (Å²) in [4.78, 5) is 0. The van der Waals surface area contributed by atoms with Gasteiger partial charge in [-0.25, -0.2) is 4.39 Å². The van der Waals surface area contributed by atoms with Crippen LogP contribution in [0, 0.1) is 19.7 Å². The van der Waals surface area contributed by atoms with E-state index in [1.807, 2.05) is 26.0 Å². The number of ether oxygens (including phenoxy) is 1. The Kier molecular flexibility index (Phi) is 4.94. The first kappa shape index (κ1) is 14.5. The number of halogens is 1. The predicted octanol–water partition coefficient (Wildman–Crippen LogP) is 3.66. The molecular formula is C16H24FNO. The molecule has 3 heteroatoms. The molecule has 2 nitrogen and oxygen atoms in total. The Morgan fingerprint density at radius 2 is 2.05 bits per heavy atom. The van der Waals surface area contributed by atoms with Gasteiger partial charge in [0.2, 0.25) is 0 Å². The molecule has 1 heterocycles. The van der Waals surface area contributed by atoms with Crippen molar-refractivity contribution in [3.05, 3.63) is 34.6 Å². The van der Waals surface area contributed by atoms with E-state index in [4.69, 9.17) is 4.74 Å². The predicted molar refractivity (Wildman–Crippen MR) is 75.9 cm³/mol. The lowest BCUT2D eigenvalue weighted by Crippen LogP contribution is -2.32. The summed E-state index contributed by atoms with van der Waals surface area (Å²) < 4.78 is 19.6. The zero-order chi connectivity index (χ0) is 13.8. The molecule has 19 heavy (non-hydrogen) atoms. The van der Waals surface area contributed by atoms with Crippen LogP contribution >= 0.6 is 0 Å². The summed E-state index contributed by atoms with van der Waals surface area (Å²) >= 11 is 0. The SMILES string of the molecule is CCCNC(c1cc(C)c(F)c(C)c1)C1CCCO1. The Bertz CT molecular complexity index is 404. The van der Waals surface area contributed by atoms with Gasteiger partial charge >= 0.3 is 0 Å². The summed E-state index contributed by atoms with van der Waals surface area (Å²) in [7, 11) is 0. The zero-order valence-electron chi connectivity index (χ0n) is 12.1. The number of hydrogen-bond donors (Lipinski definition) is 1. The maximum absolute atomic E-state index is 13.8. The van der Waals surface area contributed by atoms with Gasteiger partial charge in [-0.1, -0.05) is 19.1 Å².